The lowest BCUT2D eigenvalue weighted by atomic mass is 9.90. The van der Waals surface area contributed by atoms with Gasteiger partial charge in [0, 0.05) is 0 Å². The monoisotopic (exact) mass is 917 g/mol. The van der Waals surface area contributed by atoms with Crippen molar-refractivity contribution in [3.05, 3.63) is 70.8 Å². The van der Waals surface area contributed by atoms with Crippen molar-refractivity contribution in [3.8, 4) is 34.5 Å². The molecule has 2 aliphatic heterocycles. The Bertz CT molecular complexity index is 2260. The number of aliphatic hydroxyl groups excluding tert-OH is 4. The molecule has 4 unspecified atom stereocenters. The van der Waals surface area contributed by atoms with Crippen molar-refractivity contribution in [2.24, 2.45) is 5.92 Å². The Hall–Kier alpha value is -7.45. The molecular weight excluding hydrogens is 874 g/mol. The van der Waals surface area contributed by atoms with Crippen LogP contribution in [0.25, 0.3) is 0 Å². The number of carbonyl (C=O) groups excluding carboxylic acids is 7. The SMILES string of the molecule is CC(CO)C(=O)OCC1O[C@@H](c2cc(O)c(O)c(C(=O)N[C@H]3COC(=O)[C@@H](NC(=O)c4cccc(O)c4O)COC(=O)[C@@H](NC(=O)c4cccc(O)c4O)COC3=O)c2)C(O)C(O)[C@@H]1O. The Morgan fingerprint density at radius 3 is 1.51 bits per heavy atom. The summed E-state index contributed by atoms with van der Waals surface area (Å²) in [6, 6.07) is 2.13. The molecule has 13 N–H and O–H groups in total. The molecule has 3 aromatic rings. The number of phenolic OH excluding ortho intramolecular Hbond substituents is 6. The first-order valence-corrected chi connectivity index (χ1v) is 19.2. The lowest BCUT2D eigenvalue weighted by Crippen LogP contribution is -2.55. The fourth-order valence-corrected chi connectivity index (χ4v) is 6.16. The van der Waals surface area contributed by atoms with E-state index in [1.807, 2.05) is 0 Å². The second-order valence-corrected chi connectivity index (χ2v) is 14.5. The molecule has 0 aromatic heterocycles. The van der Waals surface area contributed by atoms with Crippen molar-refractivity contribution in [2.75, 3.05) is 33.0 Å². The average molecular weight is 918 g/mol. The Labute approximate surface area is 365 Å². The molecule has 5 rings (SSSR count). The number of rotatable bonds is 11. The van der Waals surface area contributed by atoms with Crippen LogP contribution in [0, 0.1) is 5.92 Å². The summed E-state index contributed by atoms with van der Waals surface area (Å²) in [4.78, 5) is 92.5. The molecule has 0 spiro atoms. The number of hydrogen-bond donors (Lipinski definition) is 13. The molecule has 25 nitrogen and oxygen atoms in total. The molecule has 2 fully saturated rings. The third-order valence-corrected chi connectivity index (χ3v) is 9.93. The van der Waals surface area contributed by atoms with Crippen molar-refractivity contribution < 1.29 is 108 Å². The number of phenols is 6. The predicted molar refractivity (Wildman–Crippen MR) is 209 cm³/mol. The highest BCUT2D eigenvalue weighted by Gasteiger charge is 2.45. The Morgan fingerprint density at radius 1 is 0.631 bits per heavy atom. The molecule has 0 aliphatic carbocycles. The molecule has 0 bridgehead atoms. The van der Waals surface area contributed by atoms with Crippen LogP contribution in [0.3, 0.4) is 0 Å². The molecule has 0 radical (unpaired) electrons. The van der Waals surface area contributed by atoms with Gasteiger partial charge in [0.25, 0.3) is 17.7 Å². The zero-order chi connectivity index (χ0) is 47.9. The summed E-state index contributed by atoms with van der Waals surface area (Å²) in [5, 5.41) is 109. The van der Waals surface area contributed by atoms with Gasteiger partial charge in [0.2, 0.25) is 0 Å². The van der Waals surface area contributed by atoms with Crippen molar-refractivity contribution in [3.63, 3.8) is 0 Å². The minimum Gasteiger partial charge on any atom is -0.504 e. The lowest BCUT2D eigenvalue weighted by molar-refractivity contribution is -0.235. The molecule has 9 atom stereocenters. The van der Waals surface area contributed by atoms with Gasteiger partial charge in [-0.3, -0.25) is 19.2 Å². The van der Waals surface area contributed by atoms with Crippen LogP contribution in [0.4, 0.5) is 0 Å². The molecule has 2 aliphatic rings. The second-order valence-electron chi connectivity index (χ2n) is 14.5. The number of cyclic esters (lactones) is 3. The quantitative estimate of drug-likeness (QED) is 0.0516. The summed E-state index contributed by atoms with van der Waals surface area (Å²) in [5.41, 5.74) is -2.30. The second kappa shape index (κ2) is 20.8. The van der Waals surface area contributed by atoms with Crippen LogP contribution in [0.15, 0.2) is 48.5 Å². The molecule has 0 saturated carbocycles. The van der Waals surface area contributed by atoms with Crippen molar-refractivity contribution in [1.82, 2.24) is 16.0 Å². The maximum atomic E-state index is 13.8. The number of para-hydroxylation sites is 2. The summed E-state index contributed by atoms with van der Waals surface area (Å²) in [6.07, 6.45) is -9.03. The smallest absolute Gasteiger partial charge is 0.332 e. The zero-order valence-corrected chi connectivity index (χ0v) is 33.7. The van der Waals surface area contributed by atoms with Gasteiger partial charge in [-0.05, 0) is 48.9 Å². The third-order valence-electron chi connectivity index (χ3n) is 9.93. The highest BCUT2D eigenvalue weighted by Crippen LogP contribution is 2.39. The standard InChI is InChI=1S/C40H43N3O22/c1-15(10-44)37(57)64-14-26-30(51)31(52)32(53)33(65-26)16-8-19(29(50)25(47)9-16)36(56)43-22-13-63-39(59)20(41-34(54)17-4-2-6-23(45)27(17)48)11-61-38(58)21(12-62-40(22)60)42-35(55)18-5-3-7-24(46)28(18)49/h2-9,15,20-22,26,30-33,44-53H,10-14H2,1H3,(H,41,54)(H,42,55)(H,43,56)/t15?,20-,21-,22-,26?,30+,31?,32?,33-/m0/s1. The van der Waals surface area contributed by atoms with E-state index in [1.165, 1.54) is 19.1 Å². The van der Waals surface area contributed by atoms with E-state index in [0.29, 0.717) is 0 Å². The van der Waals surface area contributed by atoms with Gasteiger partial charge >= 0.3 is 23.9 Å². The van der Waals surface area contributed by atoms with Gasteiger partial charge in [-0.1, -0.05) is 12.1 Å². The third kappa shape index (κ3) is 11.2. The number of aromatic hydroxyl groups is 6. The minimum absolute atomic E-state index is 0.331. The Kier molecular flexibility index (Phi) is 15.6. The van der Waals surface area contributed by atoms with E-state index >= 15 is 0 Å². The van der Waals surface area contributed by atoms with E-state index in [0.717, 1.165) is 36.4 Å². The van der Waals surface area contributed by atoms with Crippen LogP contribution in [-0.2, 0) is 42.9 Å². The zero-order valence-electron chi connectivity index (χ0n) is 33.7. The minimum atomic E-state index is -2.08. The normalized spacial score (nSPS) is 24.4. The van der Waals surface area contributed by atoms with Crippen LogP contribution in [-0.4, -0.2) is 168 Å². The van der Waals surface area contributed by atoms with Crippen LogP contribution < -0.4 is 16.0 Å². The number of ether oxygens (including phenoxy) is 5. The van der Waals surface area contributed by atoms with Gasteiger partial charge in [-0.2, -0.15) is 0 Å². The largest absolute Gasteiger partial charge is 0.504 e. The van der Waals surface area contributed by atoms with E-state index in [4.69, 9.17) is 23.7 Å². The number of esters is 4. The Balaban J connectivity index is 1.43. The highest BCUT2D eigenvalue weighted by molar-refractivity contribution is 6.02. The molecule has 65 heavy (non-hydrogen) atoms. The van der Waals surface area contributed by atoms with Crippen molar-refractivity contribution in [2.45, 2.75) is 55.6 Å². The maximum absolute atomic E-state index is 13.8. The fraction of sp³-hybridized carbons (Fsp3) is 0.375. The van der Waals surface area contributed by atoms with Gasteiger partial charge < -0.3 is 90.7 Å². The van der Waals surface area contributed by atoms with E-state index in [2.05, 4.69) is 16.0 Å². The summed E-state index contributed by atoms with van der Waals surface area (Å²) < 4.78 is 26.2. The fourth-order valence-electron chi connectivity index (χ4n) is 6.16. The summed E-state index contributed by atoms with van der Waals surface area (Å²) >= 11 is 0. The van der Waals surface area contributed by atoms with Crippen LogP contribution in [0.1, 0.15) is 49.7 Å². The first-order chi connectivity index (χ1) is 30.7. The molecule has 2 saturated heterocycles. The maximum Gasteiger partial charge on any atom is 0.332 e. The number of nitrogens with one attached hydrogen (secondary N) is 3. The number of hydrogen-bond acceptors (Lipinski definition) is 22. The van der Waals surface area contributed by atoms with E-state index in [9.17, 15) is 84.6 Å². The van der Waals surface area contributed by atoms with Crippen molar-refractivity contribution >= 4 is 41.6 Å². The lowest BCUT2D eigenvalue weighted by Gasteiger charge is -2.40. The van der Waals surface area contributed by atoms with Crippen LogP contribution >= 0.6 is 0 Å². The first-order valence-electron chi connectivity index (χ1n) is 19.2. The molecule has 3 amide bonds. The van der Waals surface area contributed by atoms with Crippen LogP contribution in [0.2, 0.25) is 0 Å². The molecule has 3 aromatic carbocycles. The molecule has 2 heterocycles. The van der Waals surface area contributed by atoms with Gasteiger partial charge in [-0.25, -0.2) is 14.4 Å². The van der Waals surface area contributed by atoms with Crippen LogP contribution in [0.5, 0.6) is 34.5 Å². The van der Waals surface area contributed by atoms with E-state index < -0.39 is 180 Å². The number of amides is 3. The van der Waals surface area contributed by atoms with Gasteiger partial charge in [0.05, 0.1) is 29.2 Å². The molecule has 25 heteroatoms. The highest BCUT2D eigenvalue weighted by atomic mass is 16.6. The topological polar surface area (TPSA) is 404 Å². The number of benzene rings is 3. The summed E-state index contributed by atoms with van der Waals surface area (Å²) in [7, 11) is 0. The predicted octanol–water partition coefficient (Wildman–Crippen LogP) is -3.05. The van der Waals surface area contributed by atoms with Gasteiger partial charge in [0.1, 0.15) is 56.9 Å². The molecule has 350 valence electrons. The van der Waals surface area contributed by atoms with E-state index in [1.54, 1.807) is 0 Å². The van der Waals surface area contributed by atoms with Gasteiger partial charge in [0.15, 0.2) is 52.6 Å². The first kappa shape index (κ1) is 48.6. The number of carbonyl (C=O) groups is 7. The molecular formula is C40H43N3O22. The summed E-state index contributed by atoms with van der Waals surface area (Å²) in [6.45, 7) is -3.21. The van der Waals surface area contributed by atoms with Crippen molar-refractivity contribution in [1.29, 1.82) is 0 Å². The van der Waals surface area contributed by atoms with E-state index in [-0.39, 0.29) is 5.56 Å². The Morgan fingerprint density at radius 2 is 1.06 bits per heavy atom. The summed E-state index contributed by atoms with van der Waals surface area (Å²) in [5.74, 6) is -15.5. The number of aliphatic hydroxyl groups is 4. The average Bonchev–Trinajstić information content (AvgIpc) is 3.28. The van der Waals surface area contributed by atoms with Gasteiger partial charge in [-0.15, -0.1) is 0 Å².